The zero-order chi connectivity index (χ0) is 13.9. The lowest BCUT2D eigenvalue weighted by Crippen LogP contribution is -2.02. The average molecular weight is 327 g/mol. The van der Waals surface area contributed by atoms with E-state index in [1.807, 2.05) is 18.2 Å². The molecule has 100 valence electrons. The maximum absolute atomic E-state index is 5.98. The van der Waals surface area contributed by atoms with Crippen molar-refractivity contribution in [1.82, 2.24) is 0 Å². The number of nitrogen functional groups attached to an aromatic ring is 1. The van der Waals surface area contributed by atoms with Gasteiger partial charge in [-0.3, -0.25) is 0 Å². The normalized spacial score (nSPS) is 10.7. The van der Waals surface area contributed by atoms with E-state index in [2.05, 4.69) is 63.7 Å². The number of halogens is 1. The molecule has 0 saturated heterocycles. The first kappa shape index (κ1) is 13.0. The molecule has 0 fully saturated rings. The predicted octanol–water partition coefficient (Wildman–Crippen LogP) is 4.80. The largest absolute Gasteiger partial charge is 0.397 e. The topological polar surface area (TPSA) is 38.0 Å². The molecular weight excluding hydrogens is 312 g/mol. The summed E-state index contributed by atoms with van der Waals surface area (Å²) >= 11 is 3.47. The standard InChI is InChI=1S/C17H15BrN2/c18-14-8-9-16(19)17(10-14)20-11-13-6-3-5-12-4-1-2-7-15(12)13/h1-10,20H,11,19H2. The van der Waals surface area contributed by atoms with Crippen LogP contribution in [0.5, 0.6) is 0 Å². The Labute approximate surface area is 126 Å². The first-order chi connectivity index (χ1) is 9.74. The van der Waals surface area contributed by atoms with Gasteiger partial charge in [0.1, 0.15) is 0 Å². The summed E-state index contributed by atoms with van der Waals surface area (Å²) < 4.78 is 1.02. The molecule has 0 heterocycles. The third-order valence-electron chi connectivity index (χ3n) is 3.36. The zero-order valence-corrected chi connectivity index (χ0v) is 12.5. The molecule has 0 unspecified atom stereocenters. The molecular formula is C17H15BrN2. The molecule has 0 saturated carbocycles. The Hall–Kier alpha value is -2.00. The first-order valence-electron chi connectivity index (χ1n) is 6.49. The van der Waals surface area contributed by atoms with E-state index in [4.69, 9.17) is 5.73 Å². The molecule has 3 aromatic rings. The van der Waals surface area contributed by atoms with Crippen LogP contribution in [0.2, 0.25) is 0 Å². The van der Waals surface area contributed by atoms with Crippen molar-refractivity contribution in [2.24, 2.45) is 0 Å². The van der Waals surface area contributed by atoms with Crippen molar-refractivity contribution in [3.05, 3.63) is 70.7 Å². The lowest BCUT2D eigenvalue weighted by Gasteiger charge is -2.11. The smallest absolute Gasteiger partial charge is 0.0587 e. The summed E-state index contributed by atoms with van der Waals surface area (Å²) in [6, 6.07) is 20.6. The second kappa shape index (κ2) is 5.55. The Balaban J connectivity index is 1.89. The van der Waals surface area contributed by atoms with Crippen LogP contribution in [0.15, 0.2) is 65.1 Å². The third-order valence-corrected chi connectivity index (χ3v) is 3.86. The Morgan fingerprint density at radius 1 is 0.950 bits per heavy atom. The summed E-state index contributed by atoms with van der Waals surface area (Å²) in [6.45, 7) is 0.752. The highest BCUT2D eigenvalue weighted by Gasteiger charge is 2.03. The van der Waals surface area contributed by atoms with Crippen LogP contribution in [-0.2, 0) is 6.54 Å². The summed E-state index contributed by atoms with van der Waals surface area (Å²) in [4.78, 5) is 0. The first-order valence-corrected chi connectivity index (χ1v) is 7.29. The van der Waals surface area contributed by atoms with Crippen molar-refractivity contribution in [2.45, 2.75) is 6.54 Å². The number of nitrogens with one attached hydrogen (secondary N) is 1. The summed E-state index contributed by atoms with van der Waals surface area (Å²) in [5.41, 5.74) is 8.96. The lowest BCUT2D eigenvalue weighted by atomic mass is 10.0. The SMILES string of the molecule is Nc1ccc(Br)cc1NCc1cccc2ccccc12. The number of hydrogen-bond donors (Lipinski definition) is 2. The molecule has 3 rings (SSSR count). The molecule has 0 aliphatic carbocycles. The van der Waals surface area contributed by atoms with Crippen LogP contribution in [0.25, 0.3) is 10.8 Å². The fourth-order valence-corrected chi connectivity index (χ4v) is 2.68. The zero-order valence-electron chi connectivity index (χ0n) is 10.9. The van der Waals surface area contributed by atoms with Crippen LogP contribution in [-0.4, -0.2) is 0 Å². The van der Waals surface area contributed by atoms with Crippen molar-refractivity contribution in [3.63, 3.8) is 0 Å². The molecule has 0 bridgehead atoms. The van der Waals surface area contributed by atoms with E-state index >= 15 is 0 Å². The highest BCUT2D eigenvalue weighted by atomic mass is 79.9. The Kier molecular flexibility index (Phi) is 3.61. The second-order valence-corrected chi connectivity index (χ2v) is 5.64. The average Bonchev–Trinajstić information content (AvgIpc) is 2.48. The van der Waals surface area contributed by atoms with Gasteiger partial charge < -0.3 is 11.1 Å². The van der Waals surface area contributed by atoms with Gasteiger partial charge in [0.15, 0.2) is 0 Å². The fraction of sp³-hybridized carbons (Fsp3) is 0.0588. The van der Waals surface area contributed by atoms with E-state index in [0.717, 1.165) is 22.4 Å². The molecule has 3 aromatic carbocycles. The molecule has 0 radical (unpaired) electrons. The second-order valence-electron chi connectivity index (χ2n) is 4.72. The van der Waals surface area contributed by atoms with Gasteiger partial charge >= 0.3 is 0 Å². The van der Waals surface area contributed by atoms with Crippen molar-refractivity contribution in [1.29, 1.82) is 0 Å². The minimum atomic E-state index is 0.752. The molecule has 0 aromatic heterocycles. The Morgan fingerprint density at radius 3 is 2.65 bits per heavy atom. The molecule has 2 nitrogen and oxygen atoms in total. The van der Waals surface area contributed by atoms with E-state index in [1.165, 1.54) is 16.3 Å². The fourth-order valence-electron chi connectivity index (χ4n) is 2.32. The molecule has 0 aliphatic heterocycles. The highest BCUT2D eigenvalue weighted by molar-refractivity contribution is 9.10. The van der Waals surface area contributed by atoms with Crippen LogP contribution in [0.1, 0.15) is 5.56 Å². The molecule has 20 heavy (non-hydrogen) atoms. The van der Waals surface area contributed by atoms with E-state index in [1.54, 1.807) is 0 Å². The van der Waals surface area contributed by atoms with E-state index in [9.17, 15) is 0 Å². The maximum atomic E-state index is 5.98. The van der Waals surface area contributed by atoms with Gasteiger partial charge in [0, 0.05) is 11.0 Å². The van der Waals surface area contributed by atoms with E-state index in [0.29, 0.717) is 0 Å². The van der Waals surface area contributed by atoms with Crippen LogP contribution in [0, 0.1) is 0 Å². The van der Waals surface area contributed by atoms with Crippen molar-refractivity contribution < 1.29 is 0 Å². The monoisotopic (exact) mass is 326 g/mol. The predicted molar refractivity (Wildman–Crippen MR) is 89.8 cm³/mol. The van der Waals surface area contributed by atoms with E-state index in [-0.39, 0.29) is 0 Å². The summed E-state index contributed by atoms with van der Waals surface area (Å²) in [7, 11) is 0. The Morgan fingerprint density at radius 2 is 1.75 bits per heavy atom. The van der Waals surface area contributed by atoms with Gasteiger partial charge in [-0.25, -0.2) is 0 Å². The van der Waals surface area contributed by atoms with E-state index < -0.39 is 0 Å². The number of benzene rings is 3. The van der Waals surface area contributed by atoms with Gasteiger partial charge in [0.2, 0.25) is 0 Å². The Bertz CT molecular complexity index is 748. The number of hydrogen-bond acceptors (Lipinski definition) is 2. The van der Waals surface area contributed by atoms with Gasteiger partial charge in [-0.1, -0.05) is 58.4 Å². The number of nitrogens with two attached hydrogens (primary N) is 1. The number of anilines is 2. The quantitative estimate of drug-likeness (QED) is 0.678. The minimum absolute atomic E-state index is 0.752. The van der Waals surface area contributed by atoms with Gasteiger partial charge in [-0.05, 0) is 34.5 Å². The van der Waals surface area contributed by atoms with Gasteiger partial charge in [0.05, 0.1) is 11.4 Å². The minimum Gasteiger partial charge on any atom is -0.397 e. The van der Waals surface area contributed by atoms with Crippen LogP contribution >= 0.6 is 15.9 Å². The third kappa shape index (κ3) is 2.63. The lowest BCUT2D eigenvalue weighted by molar-refractivity contribution is 1.17. The van der Waals surface area contributed by atoms with Crippen LogP contribution in [0.4, 0.5) is 11.4 Å². The summed E-state index contributed by atoms with van der Waals surface area (Å²) in [6.07, 6.45) is 0. The molecule has 0 aliphatic rings. The van der Waals surface area contributed by atoms with Crippen molar-refractivity contribution >= 4 is 38.1 Å². The molecule has 3 heteroatoms. The van der Waals surface area contributed by atoms with Crippen molar-refractivity contribution in [2.75, 3.05) is 11.1 Å². The summed E-state index contributed by atoms with van der Waals surface area (Å²) in [5.74, 6) is 0. The number of rotatable bonds is 3. The van der Waals surface area contributed by atoms with Crippen molar-refractivity contribution in [3.8, 4) is 0 Å². The van der Waals surface area contributed by atoms with Crippen LogP contribution in [0.3, 0.4) is 0 Å². The highest BCUT2D eigenvalue weighted by Crippen LogP contribution is 2.25. The maximum Gasteiger partial charge on any atom is 0.0587 e. The summed E-state index contributed by atoms with van der Waals surface area (Å²) in [5, 5.41) is 5.94. The molecule has 0 amide bonds. The van der Waals surface area contributed by atoms with Gasteiger partial charge in [-0.2, -0.15) is 0 Å². The molecule has 0 spiro atoms. The van der Waals surface area contributed by atoms with Crippen LogP contribution < -0.4 is 11.1 Å². The van der Waals surface area contributed by atoms with Gasteiger partial charge in [-0.15, -0.1) is 0 Å². The van der Waals surface area contributed by atoms with Gasteiger partial charge in [0.25, 0.3) is 0 Å². The number of fused-ring (bicyclic) bond motifs is 1. The molecule has 0 atom stereocenters. The molecule has 3 N–H and O–H groups in total.